The van der Waals surface area contributed by atoms with E-state index in [4.69, 9.17) is 16.3 Å². The summed E-state index contributed by atoms with van der Waals surface area (Å²) in [6, 6.07) is 11.8. The molecule has 26 heavy (non-hydrogen) atoms. The molecule has 0 radical (unpaired) electrons. The molecule has 0 spiro atoms. The molecule has 0 saturated carbocycles. The van der Waals surface area contributed by atoms with Gasteiger partial charge in [-0.25, -0.2) is 0 Å². The van der Waals surface area contributed by atoms with E-state index in [1.54, 1.807) is 11.3 Å². The molecule has 0 aliphatic carbocycles. The van der Waals surface area contributed by atoms with Gasteiger partial charge in [-0.2, -0.15) is 0 Å². The maximum Gasteiger partial charge on any atom is 0.268 e. The number of nitrogens with zero attached hydrogens (tertiary/aromatic N) is 1. The van der Waals surface area contributed by atoms with E-state index in [1.165, 1.54) is 0 Å². The second-order valence-corrected chi connectivity index (χ2v) is 9.29. The zero-order chi connectivity index (χ0) is 18.1. The average molecular weight is 454 g/mol. The van der Waals surface area contributed by atoms with E-state index < -0.39 is 0 Å². The lowest BCUT2D eigenvalue weighted by Crippen LogP contribution is -2.33. The topological polar surface area (TPSA) is 43.3 Å². The number of hydrogen-bond donors (Lipinski definition) is 1. The average Bonchev–Trinajstić information content (AvgIpc) is 3.31. The Kier molecular flexibility index (Phi) is 5.36. The zero-order valence-electron chi connectivity index (χ0n) is 14.0. The number of hydrogen-bond acceptors (Lipinski definition) is 3. The van der Waals surface area contributed by atoms with Crippen molar-refractivity contribution in [3.63, 3.8) is 0 Å². The van der Waals surface area contributed by atoms with Gasteiger partial charge in [-0.15, -0.1) is 11.3 Å². The molecule has 1 aromatic carbocycles. The molecule has 1 N–H and O–H groups in total. The number of ether oxygens (including phenoxy) is 1. The van der Waals surface area contributed by atoms with Gasteiger partial charge >= 0.3 is 0 Å². The van der Waals surface area contributed by atoms with Gasteiger partial charge in [0, 0.05) is 24.7 Å². The van der Waals surface area contributed by atoms with Crippen LogP contribution in [0.3, 0.4) is 0 Å². The highest BCUT2D eigenvalue weighted by Gasteiger charge is 2.20. The smallest absolute Gasteiger partial charge is 0.268 e. The van der Waals surface area contributed by atoms with Gasteiger partial charge in [0.2, 0.25) is 0 Å². The third kappa shape index (κ3) is 3.83. The monoisotopic (exact) mass is 452 g/mol. The third-order valence-electron chi connectivity index (χ3n) is 4.54. The minimum atomic E-state index is -0.0675. The van der Waals surface area contributed by atoms with E-state index in [-0.39, 0.29) is 12.0 Å². The maximum absolute atomic E-state index is 12.8. The molecule has 3 heterocycles. The second-order valence-electron chi connectivity index (χ2n) is 6.39. The SMILES string of the molecule is O=C(NC[C@@H]1CCCO1)c1cc2sc(Br)cc2n1Cc1cccc(Cl)c1. The molecule has 4 nitrogen and oxygen atoms in total. The highest BCUT2D eigenvalue weighted by molar-refractivity contribution is 9.11. The summed E-state index contributed by atoms with van der Waals surface area (Å²) in [7, 11) is 0. The summed E-state index contributed by atoms with van der Waals surface area (Å²) in [6.45, 7) is 1.93. The molecule has 1 aliphatic heterocycles. The van der Waals surface area contributed by atoms with Crippen LogP contribution < -0.4 is 5.32 Å². The Morgan fingerprint density at radius 1 is 1.38 bits per heavy atom. The summed E-state index contributed by atoms with van der Waals surface area (Å²) in [4.78, 5) is 12.8. The summed E-state index contributed by atoms with van der Waals surface area (Å²) in [5, 5.41) is 3.72. The first-order valence-electron chi connectivity index (χ1n) is 8.53. The molecule has 1 atom stereocenters. The third-order valence-corrected chi connectivity index (χ3v) is 6.35. The van der Waals surface area contributed by atoms with E-state index in [1.807, 2.05) is 34.9 Å². The van der Waals surface area contributed by atoms with Gasteiger partial charge in [0.1, 0.15) is 5.69 Å². The van der Waals surface area contributed by atoms with Crippen LogP contribution in [0.5, 0.6) is 0 Å². The molecule has 7 heteroatoms. The van der Waals surface area contributed by atoms with Crippen LogP contribution in [0.1, 0.15) is 28.9 Å². The second kappa shape index (κ2) is 7.72. The molecule has 1 fully saturated rings. The molecule has 4 rings (SSSR count). The highest BCUT2D eigenvalue weighted by atomic mass is 79.9. The first kappa shape index (κ1) is 18.0. The quantitative estimate of drug-likeness (QED) is 0.586. The van der Waals surface area contributed by atoms with Gasteiger partial charge < -0.3 is 14.6 Å². The van der Waals surface area contributed by atoms with Crippen LogP contribution in [0.4, 0.5) is 0 Å². The lowest BCUT2D eigenvalue weighted by molar-refractivity contribution is 0.0851. The van der Waals surface area contributed by atoms with Crippen LogP contribution in [-0.2, 0) is 11.3 Å². The Balaban J connectivity index is 1.62. The summed E-state index contributed by atoms with van der Waals surface area (Å²) >= 11 is 11.3. The predicted octanol–water partition coefficient (Wildman–Crippen LogP) is 5.08. The van der Waals surface area contributed by atoms with Crippen molar-refractivity contribution in [3.05, 3.63) is 56.5 Å². The number of carbonyl (C=O) groups excluding carboxylic acids is 1. The number of rotatable bonds is 5. The molecule has 0 bridgehead atoms. The maximum atomic E-state index is 12.8. The minimum absolute atomic E-state index is 0.0675. The van der Waals surface area contributed by atoms with Crippen molar-refractivity contribution in [2.75, 3.05) is 13.2 Å². The number of fused-ring (bicyclic) bond motifs is 1. The Morgan fingerprint density at radius 2 is 2.27 bits per heavy atom. The number of nitrogens with one attached hydrogen (secondary N) is 1. The van der Waals surface area contributed by atoms with Gasteiger partial charge in [0.15, 0.2) is 0 Å². The van der Waals surface area contributed by atoms with Crippen molar-refractivity contribution in [2.45, 2.75) is 25.5 Å². The molecule has 0 unspecified atom stereocenters. The van der Waals surface area contributed by atoms with Gasteiger partial charge in [-0.3, -0.25) is 4.79 Å². The van der Waals surface area contributed by atoms with Crippen molar-refractivity contribution in [1.29, 1.82) is 0 Å². The Labute approximate surface area is 169 Å². The van der Waals surface area contributed by atoms with Crippen molar-refractivity contribution >= 4 is 55.0 Å². The first-order chi connectivity index (χ1) is 12.6. The van der Waals surface area contributed by atoms with E-state index >= 15 is 0 Å². The summed E-state index contributed by atoms with van der Waals surface area (Å²) in [5.74, 6) is -0.0675. The fourth-order valence-corrected chi connectivity index (χ4v) is 5.07. The number of aromatic nitrogens is 1. The fourth-order valence-electron chi connectivity index (χ4n) is 3.29. The standard InChI is InChI=1S/C19H18BrClN2O2S/c20-18-9-15-17(26-18)8-16(19(24)22-10-14-5-2-6-25-14)23(15)11-12-3-1-4-13(21)7-12/h1,3-4,7-9,14H,2,5-6,10-11H2,(H,22,24)/t14-/m0/s1. The molecule has 1 amide bonds. The number of halogens is 2. The van der Waals surface area contributed by atoms with Gasteiger partial charge in [0.05, 0.1) is 20.1 Å². The molecule has 136 valence electrons. The Morgan fingerprint density at radius 3 is 3.04 bits per heavy atom. The molecular weight excluding hydrogens is 436 g/mol. The highest BCUT2D eigenvalue weighted by Crippen LogP contribution is 2.33. The summed E-state index contributed by atoms with van der Waals surface area (Å²) in [6.07, 6.45) is 2.20. The van der Waals surface area contributed by atoms with Crippen LogP contribution >= 0.6 is 38.9 Å². The van der Waals surface area contributed by atoms with Crippen LogP contribution in [0.2, 0.25) is 5.02 Å². The van der Waals surface area contributed by atoms with Crippen molar-refractivity contribution in [3.8, 4) is 0 Å². The van der Waals surface area contributed by atoms with Gasteiger partial charge in [0.25, 0.3) is 5.91 Å². The lowest BCUT2D eigenvalue weighted by Gasteiger charge is -2.13. The normalized spacial score (nSPS) is 17.1. The van der Waals surface area contributed by atoms with Gasteiger partial charge in [-0.05, 0) is 58.6 Å². The van der Waals surface area contributed by atoms with Crippen molar-refractivity contribution < 1.29 is 9.53 Å². The largest absolute Gasteiger partial charge is 0.376 e. The summed E-state index contributed by atoms with van der Waals surface area (Å²) in [5.41, 5.74) is 2.77. The van der Waals surface area contributed by atoms with E-state index in [0.717, 1.165) is 39.0 Å². The lowest BCUT2D eigenvalue weighted by atomic mass is 10.2. The molecule has 3 aromatic rings. The molecular formula is C19H18BrClN2O2S. The zero-order valence-corrected chi connectivity index (χ0v) is 17.2. The van der Waals surface area contributed by atoms with Crippen LogP contribution in [0, 0.1) is 0 Å². The number of carbonyl (C=O) groups is 1. The minimum Gasteiger partial charge on any atom is -0.376 e. The fraction of sp³-hybridized carbons (Fsp3) is 0.316. The van der Waals surface area contributed by atoms with Crippen molar-refractivity contribution in [1.82, 2.24) is 9.88 Å². The van der Waals surface area contributed by atoms with Crippen LogP contribution in [-0.4, -0.2) is 29.7 Å². The molecule has 1 aliphatic rings. The van der Waals surface area contributed by atoms with E-state index in [2.05, 4.69) is 27.3 Å². The Hall–Kier alpha value is -1.34. The van der Waals surface area contributed by atoms with Crippen LogP contribution in [0.25, 0.3) is 10.2 Å². The number of benzene rings is 1. The van der Waals surface area contributed by atoms with Crippen LogP contribution in [0.15, 0.2) is 40.2 Å². The molecule has 1 saturated heterocycles. The summed E-state index contributed by atoms with van der Waals surface area (Å²) < 4.78 is 9.78. The van der Waals surface area contributed by atoms with E-state index in [0.29, 0.717) is 23.8 Å². The number of thiophene rings is 1. The van der Waals surface area contributed by atoms with Crippen molar-refractivity contribution in [2.24, 2.45) is 0 Å². The van der Waals surface area contributed by atoms with Gasteiger partial charge in [-0.1, -0.05) is 23.7 Å². The first-order valence-corrected chi connectivity index (χ1v) is 10.5. The predicted molar refractivity (Wildman–Crippen MR) is 109 cm³/mol. The number of amides is 1. The van der Waals surface area contributed by atoms with E-state index in [9.17, 15) is 4.79 Å². The Bertz CT molecular complexity index is 946. The molecule has 2 aromatic heterocycles.